The summed E-state index contributed by atoms with van der Waals surface area (Å²) in [5.74, 6) is 0.271. The van der Waals surface area contributed by atoms with Crippen molar-refractivity contribution in [3.8, 4) is 11.5 Å². The predicted molar refractivity (Wildman–Crippen MR) is 104 cm³/mol. The molecule has 1 saturated heterocycles. The first-order valence-corrected chi connectivity index (χ1v) is 9.59. The van der Waals surface area contributed by atoms with Crippen LogP contribution in [0.25, 0.3) is 0 Å². The summed E-state index contributed by atoms with van der Waals surface area (Å²) in [4.78, 5) is 28.4. The molecule has 0 aliphatic carbocycles. The van der Waals surface area contributed by atoms with E-state index in [9.17, 15) is 14.7 Å². The van der Waals surface area contributed by atoms with Gasteiger partial charge in [-0.1, -0.05) is 34.8 Å². The summed E-state index contributed by atoms with van der Waals surface area (Å²) >= 11 is 17.0. The second kappa shape index (κ2) is 8.02. The predicted octanol–water partition coefficient (Wildman–Crippen LogP) is 2.95. The van der Waals surface area contributed by atoms with Crippen LogP contribution in [0.5, 0.6) is 11.5 Å². The molecule has 8 nitrogen and oxygen atoms in total. The topological polar surface area (TPSA) is 88.5 Å². The summed E-state index contributed by atoms with van der Waals surface area (Å²) in [7, 11) is 2.86. The molecular weight excluding hydrogens is 435 g/mol. The van der Waals surface area contributed by atoms with E-state index in [1.165, 1.54) is 31.3 Å². The van der Waals surface area contributed by atoms with Gasteiger partial charge in [0.25, 0.3) is 5.91 Å². The van der Waals surface area contributed by atoms with Crippen LogP contribution in [0.15, 0.2) is 12.1 Å². The molecule has 1 aromatic carbocycles. The number of carbonyl (C=O) groups excluding carboxylic acids is 2. The normalized spacial score (nSPS) is 21.7. The number of rotatable bonds is 3. The third-order valence-electron chi connectivity index (χ3n) is 4.72. The Balaban J connectivity index is 2.10. The van der Waals surface area contributed by atoms with Crippen LogP contribution in [-0.4, -0.2) is 65.4 Å². The molecule has 0 radical (unpaired) electrons. The highest BCUT2D eigenvalue weighted by Gasteiger charge is 2.45. The van der Waals surface area contributed by atoms with Crippen molar-refractivity contribution in [1.82, 2.24) is 4.90 Å². The number of hydrogen-bond acceptors (Lipinski definition) is 6. The highest BCUT2D eigenvalue weighted by atomic mass is 35.6. The summed E-state index contributed by atoms with van der Waals surface area (Å²) < 4.78 is 13.8. The number of anilines is 1. The minimum atomic E-state index is -1.82. The Labute approximate surface area is 176 Å². The van der Waals surface area contributed by atoms with Crippen molar-refractivity contribution in [3.05, 3.63) is 17.7 Å². The summed E-state index contributed by atoms with van der Waals surface area (Å²) in [5, 5.41) is 10.9. The maximum absolute atomic E-state index is 13.1. The molecule has 1 aromatic rings. The smallest absolute Gasteiger partial charge is 0.416 e. The van der Waals surface area contributed by atoms with Gasteiger partial charge < -0.3 is 24.2 Å². The molecular formula is C17H19Cl3N2O6. The summed E-state index contributed by atoms with van der Waals surface area (Å²) in [6.45, 7) is -0.0595. The average molecular weight is 454 g/mol. The number of fused-ring (bicyclic) bond motifs is 2. The van der Waals surface area contributed by atoms with Gasteiger partial charge in [0.05, 0.1) is 31.5 Å². The Bertz CT molecular complexity index is 785. The second-order valence-corrected chi connectivity index (χ2v) is 8.90. The zero-order chi connectivity index (χ0) is 20.6. The van der Waals surface area contributed by atoms with Crippen LogP contribution in [-0.2, 0) is 4.74 Å². The lowest BCUT2D eigenvalue weighted by atomic mass is 10.1. The highest BCUT2D eigenvalue weighted by Crippen LogP contribution is 2.41. The van der Waals surface area contributed by atoms with E-state index >= 15 is 0 Å². The van der Waals surface area contributed by atoms with Gasteiger partial charge in [0.2, 0.25) is 3.79 Å². The van der Waals surface area contributed by atoms with Crippen LogP contribution in [0.2, 0.25) is 0 Å². The molecule has 1 N–H and O–H groups in total. The number of methoxy groups -OCH3 is 2. The van der Waals surface area contributed by atoms with E-state index in [0.717, 1.165) is 4.90 Å². The zero-order valence-corrected chi connectivity index (χ0v) is 17.4. The molecule has 3 rings (SSSR count). The SMILES string of the molecule is COc1cc2c(cc1OC)N(C(=O)OCC(Cl)(Cl)Cl)[C@@H](O)[C@@H]1CCCN1C2=O. The molecule has 154 valence electrons. The fourth-order valence-electron chi connectivity index (χ4n) is 3.48. The van der Waals surface area contributed by atoms with Crippen LogP contribution >= 0.6 is 34.8 Å². The van der Waals surface area contributed by atoms with Gasteiger partial charge in [0, 0.05) is 12.6 Å². The van der Waals surface area contributed by atoms with Crippen molar-refractivity contribution in [3.63, 3.8) is 0 Å². The van der Waals surface area contributed by atoms with Gasteiger partial charge in [0.1, 0.15) is 6.61 Å². The Morgan fingerprint density at radius 3 is 2.50 bits per heavy atom. The molecule has 0 spiro atoms. The number of nitrogens with zero attached hydrogens (tertiary/aromatic N) is 2. The summed E-state index contributed by atoms with van der Waals surface area (Å²) in [6.07, 6.45) is -1.06. The Morgan fingerprint density at radius 2 is 1.89 bits per heavy atom. The van der Waals surface area contributed by atoms with Crippen molar-refractivity contribution in [2.75, 3.05) is 32.3 Å². The van der Waals surface area contributed by atoms with Crippen LogP contribution < -0.4 is 14.4 Å². The van der Waals surface area contributed by atoms with Crippen molar-refractivity contribution in [2.24, 2.45) is 0 Å². The largest absolute Gasteiger partial charge is 0.493 e. The van der Waals surface area contributed by atoms with Crippen LogP contribution in [0, 0.1) is 0 Å². The quantitative estimate of drug-likeness (QED) is 0.708. The molecule has 2 heterocycles. The Kier molecular flexibility index (Phi) is 6.05. The molecule has 2 aliphatic rings. The molecule has 2 aliphatic heterocycles. The van der Waals surface area contributed by atoms with E-state index in [0.29, 0.717) is 25.1 Å². The first-order valence-electron chi connectivity index (χ1n) is 8.45. The monoisotopic (exact) mass is 452 g/mol. The molecule has 11 heteroatoms. The molecule has 2 atom stereocenters. The molecule has 1 fully saturated rings. The third-order valence-corrected chi connectivity index (χ3v) is 5.04. The first-order chi connectivity index (χ1) is 13.2. The fourth-order valence-corrected chi connectivity index (χ4v) is 3.65. The number of carbonyl (C=O) groups is 2. The molecule has 0 bridgehead atoms. The minimum Gasteiger partial charge on any atom is -0.493 e. The molecule has 0 unspecified atom stereocenters. The van der Waals surface area contributed by atoms with Gasteiger partial charge in [-0.2, -0.15) is 0 Å². The number of halogens is 3. The highest BCUT2D eigenvalue weighted by molar-refractivity contribution is 6.67. The number of ether oxygens (including phenoxy) is 3. The minimum absolute atomic E-state index is 0.124. The lowest BCUT2D eigenvalue weighted by molar-refractivity contribution is 0.0491. The second-order valence-electron chi connectivity index (χ2n) is 6.39. The number of alkyl halides is 3. The van der Waals surface area contributed by atoms with Crippen LogP contribution in [0.4, 0.5) is 10.5 Å². The number of amides is 2. The van der Waals surface area contributed by atoms with Crippen molar-refractivity contribution in [2.45, 2.75) is 28.9 Å². The van der Waals surface area contributed by atoms with Gasteiger partial charge in [-0.05, 0) is 18.9 Å². The maximum Gasteiger partial charge on any atom is 0.416 e. The number of hydrogen-bond donors (Lipinski definition) is 1. The van der Waals surface area contributed by atoms with Crippen LogP contribution in [0.3, 0.4) is 0 Å². The number of aliphatic hydroxyl groups is 1. The fraction of sp³-hybridized carbons (Fsp3) is 0.529. The van der Waals surface area contributed by atoms with Crippen LogP contribution in [0.1, 0.15) is 23.2 Å². The lowest BCUT2D eigenvalue weighted by Gasteiger charge is -2.32. The average Bonchev–Trinajstić information content (AvgIpc) is 3.11. The maximum atomic E-state index is 13.1. The zero-order valence-electron chi connectivity index (χ0n) is 15.2. The Hall–Kier alpha value is -1.61. The lowest BCUT2D eigenvalue weighted by Crippen LogP contribution is -2.51. The van der Waals surface area contributed by atoms with Gasteiger partial charge >= 0.3 is 6.09 Å². The van der Waals surface area contributed by atoms with Crippen molar-refractivity contribution >= 4 is 52.5 Å². The first kappa shape index (κ1) is 21.1. The summed E-state index contributed by atoms with van der Waals surface area (Å²) in [6, 6.07) is 2.32. The molecule has 28 heavy (non-hydrogen) atoms. The van der Waals surface area contributed by atoms with E-state index in [1.54, 1.807) is 0 Å². The standard InChI is InChI=1S/C17H19Cl3N2O6/c1-26-12-6-9-11(7-13(12)27-2)22(16(25)28-8-17(18,19)20)15(24)10-4-3-5-21(10)14(9)23/h6-7,10,15,24H,3-5,8H2,1-2H3/t10-,15-/m0/s1. The molecule has 0 saturated carbocycles. The van der Waals surface area contributed by atoms with E-state index in [2.05, 4.69) is 0 Å². The van der Waals surface area contributed by atoms with Gasteiger partial charge in [-0.25, -0.2) is 9.69 Å². The van der Waals surface area contributed by atoms with Crippen molar-refractivity contribution < 1.29 is 28.9 Å². The van der Waals surface area contributed by atoms with E-state index in [4.69, 9.17) is 49.0 Å². The van der Waals surface area contributed by atoms with E-state index in [-0.39, 0.29) is 22.9 Å². The third kappa shape index (κ3) is 3.91. The van der Waals surface area contributed by atoms with Gasteiger partial charge in [-0.15, -0.1) is 0 Å². The van der Waals surface area contributed by atoms with E-state index < -0.39 is 28.8 Å². The van der Waals surface area contributed by atoms with Gasteiger partial charge in [-0.3, -0.25) is 4.79 Å². The van der Waals surface area contributed by atoms with Crippen molar-refractivity contribution in [1.29, 1.82) is 0 Å². The molecule has 0 aromatic heterocycles. The van der Waals surface area contributed by atoms with E-state index in [1.807, 2.05) is 0 Å². The summed E-state index contributed by atoms with van der Waals surface area (Å²) in [5.41, 5.74) is 0.297. The molecule has 2 amide bonds. The number of benzene rings is 1. The Morgan fingerprint density at radius 1 is 1.25 bits per heavy atom. The van der Waals surface area contributed by atoms with Gasteiger partial charge in [0.15, 0.2) is 17.7 Å². The number of aliphatic hydroxyl groups excluding tert-OH is 1.